The minimum atomic E-state index is -5.05. The molecule has 2 fully saturated rings. The molecule has 2 unspecified atom stereocenters. The highest BCUT2D eigenvalue weighted by Gasteiger charge is 2.48. The van der Waals surface area contributed by atoms with Crippen molar-refractivity contribution >= 4 is 12.0 Å². The molecule has 0 bridgehead atoms. The van der Waals surface area contributed by atoms with Crippen molar-refractivity contribution in [2.45, 2.75) is 44.7 Å². The summed E-state index contributed by atoms with van der Waals surface area (Å²) in [5.41, 5.74) is -0.594. The molecular formula is C30H31F6N3O3. The highest BCUT2D eigenvalue weighted by molar-refractivity contribution is 5.85. The van der Waals surface area contributed by atoms with E-state index in [1.54, 1.807) is 4.90 Å². The number of benzene rings is 2. The molecule has 0 saturated carbocycles. The summed E-state index contributed by atoms with van der Waals surface area (Å²) in [5, 5.41) is 0. The maximum Gasteiger partial charge on any atom is 0.416 e. The van der Waals surface area contributed by atoms with Crippen molar-refractivity contribution in [3.05, 3.63) is 82.1 Å². The molecule has 42 heavy (non-hydrogen) atoms. The van der Waals surface area contributed by atoms with Crippen LogP contribution >= 0.6 is 0 Å². The van der Waals surface area contributed by atoms with Crippen molar-refractivity contribution in [2.24, 2.45) is 11.8 Å². The monoisotopic (exact) mass is 595 g/mol. The minimum Gasteiger partial charge on any atom is -0.456 e. The van der Waals surface area contributed by atoms with Gasteiger partial charge in [-0.2, -0.15) is 26.3 Å². The first-order chi connectivity index (χ1) is 19.7. The molecule has 5 rings (SSSR count). The quantitative estimate of drug-likeness (QED) is 0.296. The van der Waals surface area contributed by atoms with Gasteiger partial charge in [0.15, 0.2) is 0 Å². The van der Waals surface area contributed by atoms with Gasteiger partial charge in [0.05, 0.1) is 28.9 Å². The van der Waals surface area contributed by atoms with Gasteiger partial charge in [-0.15, -0.1) is 0 Å². The minimum absolute atomic E-state index is 0.0269. The first-order valence-corrected chi connectivity index (χ1v) is 13.7. The smallest absolute Gasteiger partial charge is 0.416 e. The van der Waals surface area contributed by atoms with Crippen LogP contribution in [0.3, 0.4) is 0 Å². The Labute approximate surface area is 239 Å². The fourth-order valence-corrected chi connectivity index (χ4v) is 6.47. The fourth-order valence-electron chi connectivity index (χ4n) is 6.47. The number of halogens is 6. The average molecular weight is 596 g/mol. The molecule has 0 aliphatic carbocycles. The fraction of sp³-hybridized carbons (Fsp3) is 0.467. The summed E-state index contributed by atoms with van der Waals surface area (Å²) >= 11 is 0. The molecule has 3 heterocycles. The summed E-state index contributed by atoms with van der Waals surface area (Å²) in [6.45, 7) is 5.09. The van der Waals surface area contributed by atoms with Gasteiger partial charge in [0.25, 0.3) is 0 Å². The van der Waals surface area contributed by atoms with Crippen molar-refractivity contribution in [2.75, 3.05) is 33.3 Å². The van der Waals surface area contributed by atoms with Gasteiger partial charge in [-0.3, -0.25) is 0 Å². The van der Waals surface area contributed by atoms with Crippen molar-refractivity contribution < 1.29 is 40.7 Å². The summed E-state index contributed by atoms with van der Waals surface area (Å²) < 4.78 is 86.6. The Morgan fingerprint density at radius 1 is 1.05 bits per heavy atom. The molecule has 2 amide bonds. The molecule has 2 saturated heterocycles. The number of hydrogen-bond donors (Lipinski definition) is 0. The maximum atomic E-state index is 14.1. The second-order valence-electron chi connectivity index (χ2n) is 11.2. The molecule has 0 N–H and O–H groups in total. The lowest BCUT2D eigenvalue weighted by Crippen LogP contribution is -2.51. The Kier molecular flexibility index (Phi) is 7.69. The molecule has 2 aromatic rings. The van der Waals surface area contributed by atoms with Crippen LogP contribution in [0.25, 0.3) is 0 Å². The summed E-state index contributed by atoms with van der Waals surface area (Å²) in [5.74, 6) is -0.227. The van der Waals surface area contributed by atoms with Gasteiger partial charge in [-0.1, -0.05) is 30.3 Å². The van der Waals surface area contributed by atoms with Gasteiger partial charge < -0.3 is 19.4 Å². The second-order valence-corrected chi connectivity index (χ2v) is 11.2. The number of hydrogen-bond acceptors (Lipinski definition) is 4. The summed E-state index contributed by atoms with van der Waals surface area (Å²) in [7, 11) is 1.37. The van der Waals surface area contributed by atoms with E-state index in [0.29, 0.717) is 32.1 Å². The van der Waals surface area contributed by atoms with Crippen molar-refractivity contribution in [1.82, 2.24) is 14.7 Å². The molecule has 4 atom stereocenters. The normalized spacial score (nSPS) is 23.4. The lowest BCUT2D eigenvalue weighted by Gasteiger charge is -2.45. The van der Waals surface area contributed by atoms with Crippen LogP contribution in [0.2, 0.25) is 0 Å². The number of carbonyl (C=O) groups is 2. The van der Waals surface area contributed by atoms with E-state index >= 15 is 0 Å². The number of amides is 2. The molecule has 12 heteroatoms. The van der Waals surface area contributed by atoms with Gasteiger partial charge in [0, 0.05) is 38.7 Å². The summed E-state index contributed by atoms with van der Waals surface area (Å²) in [4.78, 5) is 30.7. The number of rotatable bonds is 4. The number of nitrogens with zero attached hydrogens (tertiary/aromatic N) is 3. The van der Waals surface area contributed by atoms with E-state index in [9.17, 15) is 35.9 Å². The SMILES string of the molecule is Cc1ccccc1[C@H]1[C@@H]2CN(C3=CC(=O)OC3)CC2CCN1C(=O)N(C)C(C)c1ccc(C(F)(F)F)cc1C(F)(F)F. The summed E-state index contributed by atoms with van der Waals surface area (Å²) in [6.07, 6.45) is -7.88. The number of urea groups is 1. The van der Waals surface area contributed by atoms with Crippen LogP contribution in [0, 0.1) is 18.8 Å². The van der Waals surface area contributed by atoms with E-state index in [1.165, 1.54) is 24.9 Å². The van der Waals surface area contributed by atoms with Crippen LogP contribution < -0.4 is 0 Å². The standard InChI is InChI=1S/C30H31F6N3O3/c1-17-6-4-5-7-22(17)27-24-15-38(21-13-26(40)42-16-21)14-19(24)10-11-39(27)28(41)37(3)18(2)23-9-8-20(29(31,32)33)12-25(23)30(34,35)36/h4-9,12-13,18-19,24,27H,10-11,14-16H2,1-3H3/t18?,19?,24-,27+/m1/s1. The highest BCUT2D eigenvalue weighted by atomic mass is 19.4. The summed E-state index contributed by atoms with van der Waals surface area (Å²) in [6, 6.07) is 7.07. The number of alkyl halides is 6. The Morgan fingerprint density at radius 2 is 1.76 bits per heavy atom. The van der Waals surface area contributed by atoms with E-state index < -0.39 is 53.1 Å². The number of ether oxygens (including phenoxy) is 1. The third kappa shape index (κ3) is 5.55. The van der Waals surface area contributed by atoms with Crippen LogP contribution in [0.1, 0.15) is 53.2 Å². The molecule has 2 aromatic carbocycles. The second kappa shape index (κ2) is 10.9. The van der Waals surface area contributed by atoms with Gasteiger partial charge in [-0.05, 0) is 55.0 Å². The zero-order valence-electron chi connectivity index (χ0n) is 23.3. The van der Waals surface area contributed by atoms with E-state index in [4.69, 9.17) is 4.74 Å². The first-order valence-electron chi connectivity index (χ1n) is 13.7. The first kappa shape index (κ1) is 29.8. The van der Waals surface area contributed by atoms with Crippen molar-refractivity contribution in [3.63, 3.8) is 0 Å². The third-order valence-corrected chi connectivity index (χ3v) is 8.80. The topological polar surface area (TPSA) is 53.1 Å². The Balaban J connectivity index is 1.47. The lowest BCUT2D eigenvalue weighted by atomic mass is 9.78. The number of esters is 1. The molecule has 226 valence electrons. The Morgan fingerprint density at radius 3 is 2.38 bits per heavy atom. The highest BCUT2D eigenvalue weighted by Crippen LogP contribution is 2.47. The molecule has 3 aliphatic rings. The van der Waals surface area contributed by atoms with Crippen LogP contribution in [0.4, 0.5) is 31.1 Å². The zero-order chi connectivity index (χ0) is 30.6. The Hall–Kier alpha value is -3.70. The van der Waals surface area contributed by atoms with E-state index in [1.807, 2.05) is 31.2 Å². The zero-order valence-corrected chi connectivity index (χ0v) is 23.3. The van der Waals surface area contributed by atoms with Crippen molar-refractivity contribution in [3.8, 4) is 0 Å². The molecule has 0 aromatic heterocycles. The molecule has 3 aliphatic heterocycles. The molecule has 6 nitrogen and oxygen atoms in total. The number of fused-ring (bicyclic) bond motifs is 1. The molecule has 0 spiro atoms. The van der Waals surface area contributed by atoms with Crippen LogP contribution in [-0.4, -0.2) is 60.0 Å². The predicted octanol–water partition coefficient (Wildman–Crippen LogP) is 6.58. The maximum absolute atomic E-state index is 14.1. The number of carbonyl (C=O) groups excluding carboxylic acids is 2. The number of piperidine rings is 1. The largest absolute Gasteiger partial charge is 0.456 e. The molecular weight excluding hydrogens is 564 g/mol. The number of likely N-dealkylation sites (tertiary alicyclic amines) is 2. The van der Waals surface area contributed by atoms with E-state index in [0.717, 1.165) is 22.9 Å². The van der Waals surface area contributed by atoms with Gasteiger partial charge in [0.2, 0.25) is 0 Å². The average Bonchev–Trinajstić information content (AvgIpc) is 3.56. The number of cyclic esters (lactones) is 1. The van der Waals surface area contributed by atoms with E-state index in [2.05, 4.69) is 4.90 Å². The van der Waals surface area contributed by atoms with Crippen LogP contribution in [0.15, 0.2) is 54.2 Å². The van der Waals surface area contributed by atoms with Gasteiger partial charge in [0.1, 0.15) is 6.61 Å². The predicted molar refractivity (Wildman–Crippen MR) is 141 cm³/mol. The van der Waals surface area contributed by atoms with Gasteiger partial charge in [-0.25, -0.2) is 9.59 Å². The van der Waals surface area contributed by atoms with Crippen molar-refractivity contribution in [1.29, 1.82) is 0 Å². The van der Waals surface area contributed by atoms with E-state index in [-0.39, 0.29) is 24.5 Å². The van der Waals surface area contributed by atoms with Gasteiger partial charge >= 0.3 is 24.4 Å². The molecule has 0 radical (unpaired) electrons. The third-order valence-electron chi connectivity index (χ3n) is 8.80. The van der Waals surface area contributed by atoms with Crippen LogP contribution in [-0.2, 0) is 21.9 Å². The lowest BCUT2D eigenvalue weighted by molar-refractivity contribution is -0.143. The Bertz CT molecular complexity index is 1410. The number of aryl methyl sites for hydroxylation is 1. The van der Waals surface area contributed by atoms with Crippen LogP contribution in [0.5, 0.6) is 0 Å².